The number of carbonyl (C=O) groups is 1. The van der Waals surface area contributed by atoms with Crippen LogP contribution in [0.3, 0.4) is 0 Å². The van der Waals surface area contributed by atoms with E-state index in [1.54, 1.807) is 7.11 Å². The molecule has 2 heterocycles. The number of aromatic amines is 1. The molecule has 1 aliphatic rings. The molecule has 180 valence electrons. The van der Waals surface area contributed by atoms with E-state index in [1.807, 2.05) is 72.8 Å². The number of nitrogens with one attached hydrogen (secondary N) is 2. The maximum Gasteiger partial charge on any atom is 0.272 e. The summed E-state index contributed by atoms with van der Waals surface area (Å²) in [6.45, 7) is 4.59. The number of benzene rings is 3. The predicted molar refractivity (Wildman–Crippen MR) is 136 cm³/mol. The number of fused-ring (bicyclic) bond motifs is 1. The van der Waals surface area contributed by atoms with Crippen LogP contribution in [0.5, 0.6) is 11.5 Å². The monoisotopic (exact) mass is 471 g/mol. The van der Waals surface area contributed by atoms with Crippen LogP contribution < -0.4 is 14.8 Å². The van der Waals surface area contributed by atoms with Crippen molar-refractivity contribution in [3.05, 3.63) is 89.6 Å². The lowest BCUT2D eigenvalue weighted by Crippen LogP contribution is -2.35. The van der Waals surface area contributed by atoms with E-state index >= 15 is 0 Å². The maximum absolute atomic E-state index is 12.9. The molecule has 1 aromatic heterocycles. The fourth-order valence-corrected chi connectivity index (χ4v) is 4.22. The van der Waals surface area contributed by atoms with Crippen molar-refractivity contribution in [1.29, 1.82) is 0 Å². The van der Waals surface area contributed by atoms with Gasteiger partial charge in [0.2, 0.25) is 0 Å². The Labute approximate surface area is 204 Å². The van der Waals surface area contributed by atoms with Crippen LogP contribution in [0.2, 0.25) is 0 Å². The van der Waals surface area contributed by atoms with Crippen molar-refractivity contribution in [3.8, 4) is 11.5 Å². The Balaban J connectivity index is 1.25. The van der Waals surface area contributed by atoms with Gasteiger partial charge in [-0.2, -0.15) is 0 Å². The van der Waals surface area contributed by atoms with Gasteiger partial charge >= 0.3 is 0 Å². The summed E-state index contributed by atoms with van der Waals surface area (Å²) in [5, 5.41) is 3.89. The third-order valence-electron chi connectivity index (χ3n) is 6.13. The second kappa shape index (κ2) is 10.6. The molecule has 3 aromatic carbocycles. The number of methoxy groups -OCH3 is 1. The quantitative estimate of drug-likeness (QED) is 0.385. The van der Waals surface area contributed by atoms with E-state index in [0.717, 1.165) is 66.4 Å². The zero-order chi connectivity index (χ0) is 24.0. The number of aromatic nitrogens is 1. The second-order valence-electron chi connectivity index (χ2n) is 8.58. The summed E-state index contributed by atoms with van der Waals surface area (Å²) in [5.41, 5.74) is 4.23. The maximum atomic E-state index is 12.9. The number of morpholine rings is 1. The third kappa shape index (κ3) is 5.65. The van der Waals surface area contributed by atoms with Crippen molar-refractivity contribution in [1.82, 2.24) is 9.88 Å². The molecule has 5 rings (SSSR count). The molecule has 4 aromatic rings. The van der Waals surface area contributed by atoms with Gasteiger partial charge in [-0.05, 0) is 35.9 Å². The molecule has 7 heteroatoms. The molecule has 0 unspecified atom stereocenters. The Hall–Kier alpha value is -3.81. The minimum Gasteiger partial charge on any atom is -0.496 e. The van der Waals surface area contributed by atoms with E-state index in [1.165, 1.54) is 0 Å². The summed E-state index contributed by atoms with van der Waals surface area (Å²) >= 11 is 0. The summed E-state index contributed by atoms with van der Waals surface area (Å²) in [5.74, 6) is 1.30. The lowest BCUT2D eigenvalue weighted by molar-refractivity contribution is 0.0339. The van der Waals surface area contributed by atoms with E-state index < -0.39 is 0 Å². The molecule has 0 aliphatic carbocycles. The molecule has 35 heavy (non-hydrogen) atoms. The first-order valence-electron chi connectivity index (χ1n) is 11.8. The summed E-state index contributed by atoms with van der Waals surface area (Å²) < 4.78 is 16.9. The number of ether oxygens (including phenoxy) is 3. The van der Waals surface area contributed by atoms with Gasteiger partial charge in [0, 0.05) is 47.9 Å². The number of H-pyrrole nitrogens is 1. The average Bonchev–Trinajstić information content (AvgIpc) is 3.33. The molecule has 0 spiro atoms. The Morgan fingerprint density at radius 2 is 1.86 bits per heavy atom. The van der Waals surface area contributed by atoms with Gasteiger partial charge in [-0.25, -0.2) is 0 Å². The van der Waals surface area contributed by atoms with Gasteiger partial charge in [-0.3, -0.25) is 9.69 Å². The average molecular weight is 472 g/mol. The van der Waals surface area contributed by atoms with Crippen molar-refractivity contribution in [2.24, 2.45) is 0 Å². The Morgan fingerprint density at radius 3 is 2.66 bits per heavy atom. The molecular formula is C28H29N3O4. The summed E-state index contributed by atoms with van der Waals surface area (Å²) in [6, 6.07) is 23.4. The van der Waals surface area contributed by atoms with Gasteiger partial charge in [-0.1, -0.05) is 36.4 Å². The molecule has 1 fully saturated rings. The normalized spacial score (nSPS) is 14.1. The van der Waals surface area contributed by atoms with E-state index in [-0.39, 0.29) is 5.91 Å². The van der Waals surface area contributed by atoms with Crippen molar-refractivity contribution in [2.45, 2.75) is 13.2 Å². The molecule has 0 atom stereocenters. The van der Waals surface area contributed by atoms with Gasteiger partial charge in [-0.15, -0.1) is 0 Å². The number of carbonyl (C=O) groups excluding carboxylic acids is 1. The molecule has 2 N–H and O–H groups in total. The van der Waals surface area contributed by atoms with Gasteiger partial charge in [0.05, 0.1) is 20.3 Å². The first-order chi connectivity index (χ1) is 17.2. The molecule has 1 saturated heterocycles. The minimum absolute atomic E-state index is 0.212. The first kappa shape index (κ1) is 23.0. The SMILES string of the molecule is COc1cc(NC(=O)c2cc3cc(OCc4ccccc4)ccc3[nH]2)ccc1CN1CCOCC1. The largest absolute Gasteiger partial charge is 0.496 e. The highest BCUT2D eigenvalue weighted by molar-refractivity contribution is 6.06. The fourth-order valence-electron chi connectivity index (χ4n) is 4.22. The molecule has 0 bridgehead atoms. The fraction of sp³-hybridized carbons (Fsp3) is 0.250. The van der Waals surface area contributed by atoms with E-state index in [9.17, 15) is 4.79 Å². The van der Waals surface area contributed by atoms with Gasteiger partial charge in [0.15, 0.2) is 0 Å². The third-order valence-corrected chi connectivity index (χ3v) is 6.13. The highest BCUT2D eigenvalue weighted by atomic mass is 16.5. The molecular weight excluding hydrogens is 442 g/mol. The van der Waals surface area contributed by atoms with Crippen LogP contribution in [-0.4, -0.2) is 49.2 Å². The summed E-state index contributed by atoms with van der Waals surface area (Å²) in [6.07, 6.45) is 0. The summed E-state index contributed by atoms with van der Waals surface area (Å²) in [4.78, 5) is 18.5. The van der Waals surface area contributed by atoms with Crippen LogP contribution in [0.25, 0.3) is 10.9 Å². The molecule has 0 radical (unpaired) electrons. The van der Waals surface area contributed by atoms with Crippen LogP contribution in [0.15, 0.2) is 72.8 Å². The number of amides is 1. The first-order valence-corrected chi connectivity index (χ1v) is 11.8. The number of anilines is 1. The predicted octanol–water partition coefficient (Wildman–Crippen LogP) is 4.84. The lowest BCUT2D eigenvalue weighted by Gasteiger charge is -2.27. The Kier molecular flexibility index (Phi) is 6.97. The number of rotatable bonds is 8. The van der Waals surface area contributed by atoms with Crippen LogP contribution in [0, 0.1) is 0 Å². The van der Waals surface area contributed by atoms with E-state index in [2.05, 4.69) is 15.2 Å². The zero-order valence-corrected chi connectivity index (χ0v) is 19.8. The van der Waals surface area contributed by atoms with Crippen LogP contribution >= 0.6 is 0 Å². The van der Waals surface area contributed by atoms with Crippen LogP contribution in [0.1, 0.15) is 21.6 Å². The summed E-state index contributed by atoms with van der Waals surface area (Å²) in [7, 11) is 1.65. The van der Waals surface area contributed by atoms with E-state index in [0.29, 0.717) is 18.0 Å². The lowest BCUT2D eigenvalue weighted by atomic mass is 10.1. The van der Waals surface area contributed by atoms with Gasteiger partial charge in [0.1, 0.15) is 23.8 Å². The van der Waals surface area contributed by atoms with Gasteiger partial charge < -0.3 is 24.5 Å². The highest BCUT2D eigenvalue weighted by Gasteiger charge is 2.15. The van der Waals surface area contributed by atoms with Crippen molar-refractivity contribution in [2.75, 3.05) is 38.7 Å². The Bertz CT molecular complexity index is 1300. The molecule has 1 amide bonds. The topological polar surface area (TPSA) is 75.8 Å². The number of hydrogen-bond donors (Lipinski definition) is 2. The molecule has 1 aliphatic heterocycles. The van der Waals surface area contributed by atoms with Crippen LogP contribution in [-0.2, 0) is 17.9 Å². The highest BCUT2D eigenvalue weighted by Crippen LogP contribution is 2.26. The minimum atomic E-state index is -0.212. The number of nitrogens with zero attached hydrogens (tertiary/aromatic N) is 1. The zero-order valence-electron chi connectivity index (χ0n) is 19.8. The molecule has 7 nitrogen and oxygen atoms in total. The van der Waals surface area contributed by atoms with Crippen molar-refractivity contribution in [3.63, 3.8) is 0 Å². The number of hydrogen-bond acceptors (Lipinski definition) is 5. The van der Waals surface area contributed by atoms with Gasteiger partial charge in [0.25, 0.3) is 5.91 Å². The standard InChI is InChI=1S/C28H29N3O4/c1-33-27-17-23(8-7-21(27)18-31-11-13-34-14-12-31)29-28(32)26-16-22-15-24(9-10-25(22)30-26)35-19-20-5-3-2-4-6-20/h2-10,15-17,30H,11-14,18-19H2,1H3,(H,29,32). The Morgan fingerprint density at radius 1 is 1.03 bits per heavy atom. The van der Waals surface area contributed by atoms with Crippen molar-refractivity contribution >= 4 is 22.5 Å². The molecule has 0 saturated carbocycles. The van der Waals surface area contributed by atoms with E-state index in [4.69, 9.17) is 14.2 Å². The van der Waals surface area contributed by atoms with Crippen LogP contribution in [0.4, 0.5) is 5.69 Å². The smallest absolute Gasteiger partial charge is 0.272 e. The van der Waals surface area contributed by atoms with Crippen molar-refractivity contribution < 1.29 is 19.0 Å². The second-order valence-corrected chi connectivity index (χ2v) is 8.58.